The molecule has 4 atom stereocenters. The highest BCUT2D eigenvalue weighted by molar-refractivity contribution is 5.97. The number of rotatable bonds is 7. The fraction of sp³-hybridized carbons (Fsp3) is 0.469. The van der Waals surface area contributed by atoms with E-state index in [0.717, 1.165) is 56.2 Å². The van der Waals surface area contributed by atoms with Gasteiger partial charge in [0.15, 0.2) is 0 Å². The van der Waals surface area contributed by atoms with Crippen LogP contribution in [0.1, 0.15) is 36.7 Å². The molecular weight excluding hydrogens is 535 g/mol. The van der Waals surface area contributed by atoms with Crippen LogP contribution in [-0.4, -0.2) is 96.3 Å². The summed E-state index contributed by atoms with van der Waals surface area (Å²) >= 11 is 0. The van der Waals surface area contributed by atoms with Crippen LogP contribution in [0.2, 0.25) is 0 Å². The fourth-order valence-electron chi connectivity index (χ4n) is 6.16. The number of pyridine rings is 2. The van der Waals surface area contributed by atoms with Crippen LogP contribution >= 0.6 is 0 Å². The first kappa shape index (κ1) is 28.7. The molecule has 1 amide bonds. The highest BCUT2D eigenvalue weighted by Gasteiger charge is 2.38. The highest BCUT2D eigenvalue weighted by atomic mass is 19.1. The number of nitrogens with zero attached hydrogens (tertiary/aromatic N) is 5. The first-order valence-corrected chi connectivity index (χ1v) is 14.8. The third kappa shape index (κ3) is 6.47. The van der Waals surface area contributed by atoms with E-state index in [1.54, 1.807) is 24.5 Å². The first-order valence-electron chi connectivity index (χ1n) is 14.8. The lowest BCUT2D eigenvalue weighted by Gasteiger charge is -2.44. The average Bonchev–Trinajstić information content (AvgIpc) is 3.00. The zero-order chi connectivity index (χ0) is 29.1. The van der Waals surface area contributed by atoms with Crippen molar-refractivity contribution in [3.63, 3.8) is 0 Å². The number of piperazine rings is 1. The molecule has 1 unspecified atom stereocenters. The zero-order valence-corrected chi connectivity index (χ0v) is 24.3. The quantitative estimate of drug-likeness (QED) is 0.461. The molecule has 9 nitrogen and oxygen atoms in total. The van der Waals surface area contributed by atoms with E-state index in [9.17, 15) is 9.18 Å². The Bertz CT molecular complexity index is 1360. The molecule has 0 aliphatic carbocycles. The van der Waals surface area contributed by atoms with Gasteiger partial charge in [-0.15, -0.1) is 0 Å². The molecule has 3 aromatic rings. The van der Waals surface area contributed by atoms with Gasteiger partial charge in [0.25, 0.3) is 0 Å². The molecule has 1 aromatic carbocycles. The third-order valence-electron chi connectivity index (χ3n) is 8.47. The maximum atomic E-state index is 14.4. The first-order chi connectivity index (χ1) is 20.4. The number of amides is 1. The van der Waals surface area contributed by atoms with E-state index in [4.69, 9.17) is 9.47 Å². The molecule has 3 aliphatic heterocycles. The van der Waals surface area contributed by atoms with E-state index in [2.05, 4.69) is 38.9 Å². The van der Waals surface area contributed by atoms with Gasteiger partial charge in [0.2, 0.25) is 11.8 Å². The van der Waals surface area contributed by atoms with Crippen LogP contribution in [0.3, 0.4) is 0 Å². The number of carbonyl (C=O) groups is 1. The largest absolute Gasteiger partial charge is 0.474 e. The molecule has 6 rings (SSSR count). The van der Waals surface area contributed by atoms with E-state index in [1.807, 2.05) is 29.2 Å². The van der Waals surface area contributed by atoms with Crippen molar-refractivity contribution in [2.75, 3.05) is 57.4 Å². The minimum absolute atomic E-state index is 0.00920. The minimum Gasteiger partial charge on any atom is -0.474 e. The maximum absolute atomic E-state index is 14.4. The van der Waals surface area contributed by atoms with Crippen molar-refractivity contribution in [1.29, 1.82) is 0 Å². The predicted molar refractivity (Wildman–Crippen MR) is 158 cm³/mol. The van der Waals surface area contributed by atoms with Gasteiger partial charge in [0.1, 0.15) is 24.2 Å². The number of nitrogens with one attached hydrogen (secondary N) is 1. The molecule has 2 aromatic heterocycles. The van der Waals surface area contributed by atoms with Crippen LogP contribution in [0.5, 0.6) is 5.88 Å². The van der Waals surface area contributed by atoms with E-state index >= 15 is 0 Å². The van der Waals surface area contributed by atoms with Gasteiger partial charge in [-0.2, -0.15) is 0 Å². The number of aromatic nitrogens is 2. The van der Waals surface area contributed by atoms with E-state index in [1.165, 1.54) is 12.1 Å². The Labute approximate surface area is 246 Å². The number of hydrogen-bond donors (Lipinski definition) is 1. The van der Waals surface area contributed by atoms with Gasteiger partial charge < -0.3 is 14.8 Å². The molecule has 0 spiro atoms. The molecule has 2 fully saturated rings. The van der Waals surface area contributed by atoms with Crippen molar-refractivity contribution in [3.8, 4) is 5.88 Å². The van der Waals surface area contributed by atoms with E-state index in [-0.39, 0.29) is 43.0 Å². The van der Waals surface area contributed by atoms with Crippen LogP contribution in [0.4, 0.5) is 10.1 Å². The summed E-state index contributed by atoms with van der Waals surface area (Å²) in [6.07, 6.45) is 4.07. The van der Waals surface area contributed by atoms with Gasteiger partial charge in [-0.05, 0) is 61.7 Å². The molecule has 3 aliphatic rings. The number of anilines is 1. The summed E-state index contributed by atoms with van der Waals surface area (Å²) in [6, 6.07) is 14.6. The van der Waals surface area contributed by atoms with Crippen LogP contribution in [0.15, 0.2) is 60.9 Å². The summed E-state index contributed by atoms with van der Waals surface area (Å²) in [6.45, 7) is 9.77. The van der Waals surface area contributed by atoms with Gasteiger partial charge in [-0.1, -0.05) is 18.2 Å². The number of morpholine rings is 1. The lowest BCUT2D eigenvalue weighted by molar-refractivity contribution is -0.122. The molecule has 42 heavy (non-hydrogen) atoms. The molecule has 0 saturated carbocycles. The summed E-state index contributed by atoms with van der Waals surface area (Å²) in [7, 11) is 0. The predicted octanol–water partition coefficient (Wildman–Crippen LogP) is 3.06. The number of carbonyl (C=O) groups excluding carboxylic acids is 1. The Morgan fingerprint density at radius 1 is 1.07 bits per heavy atom. The number of halogens is 1. The van der Waals surface area contributed by atoms with Crippen molar-refractivity contribution < 1.29 is 18.7 Å². The monoisotopic (exact) mass is 574 g/mol. The lowest BCUT2D eigenvalue weighted by atomic mass is 10.0. The van der Waals surface area contributed by atoms with E-state index < -0.39 is 0 Å². The smallest absolute Gasteiger partial charge is 0.242 e. The molecule has 10 heteroatoms. The van der Waals surface area contributed by atoms with Crippen LogP contribution in [-0.2, 0) is 16.0 Å². The second kappa shape index (κ2) is 12.8. The van der Waals surface area contributed by atoms with Gasteiger partial charge in [0, 0.05) is 56.7 Å². The third-order valence-corrected chi connectivity index (χ3v) is 8.47. The van der Waals surface area contributed by atoms with Gasteiger partial charge >= 0.3 is 0 Å². The number of fused-ring (bicyclic) bond motifs is 1. The zero-order valence-electron chi connectivity index (χ0n) is 24.3. The summed E-state index contributed by atoms with van der Waals surface area (Å²) in [4.78, 5) is 30.2. The topological polar surface area (TPSA) is 83.1 Å². The van der Waals surface area contributed by atoms with Crippen molar-refractivity contribution in [2.24, 2.45) is 0 Å². The standard InChI is InChI=1S/C32H39FN6O3/c1-22-17-38(27(16-35-22)18-37-11-12-41-20-23(37)2)19-31(40)39-29-14-25(13-24-6-8-26(33)9-7-24)15-36-32(29)42-21-30(39)28-5-3-4-10-34-28/h3-10,14-15,22-23,27,30,35H,11-13,16-21H2,1-2H3/t22-,23-,27-,30?/m1/s1. The number of benzene rings is 1. The van der Waals surface area contributed by atoms with E-state index in [0.29, 0.717) is 24.0 Å². The van der Waals surface area contributed by atoms with Gasteiger partial charge in [0.05, 0.1) is 25.5 Å². The van der Waals surface area contributed by atoms with Crippen LogP contribution in [0, 0.1) is 5.82 Å². The Hall–Kier alpha value is -3.44. The summed E-state index contributed by atoms with van der Waals surface area (Å²) in [5, 5.41) is 3.62. The van der Waals surface area contributed by atoms with Crippen molar-refractivity contribution in [3.05, 3.63) is 83.6 Å². The molecule has 1 N–H and O–H groups in total. The lowest BCUT2D eigenvalue weighted by Crippen LogP contribution is -2.62. The maximum Gasteiger partial charge on any atom is 0.242 e. The molecular formula is C32H39FN6O3. The fourth-order valence-corrected chi connectivity index (χ4v) is 6.16. The summed E-state index contributed by atoms with van der Waals surface area (Å²) in [5.74, 6) is 0.158. The number of ether oxygens (including phenoxy) is 2. The second-order valence-electron chi connectivity index (χ2n) is 11.6. The molecule has 0 radical (unpaired) electrons. The Morgan fingerprint density at radius 2 is 1.93 bits per heavy atom. The molecule has 5 heterocycles. The van der Waals surface area contributed by atoms with Crippen molar-refractivity contribution in [1.82, 2.24) is 25.1 Å². The highest BCUT2D eigenvalue weighted by Crippen LogP contribution is 2.38. The second-order valence-corrected chi connectivity index (χ2v) is 11.6. The average molecular weight is 575 g/mol. The Balaban J connectivity index is 1.29. The molecule has 2 saturated heterocycles. The summed E-state index contributed by atoms with van der Waals surface area (Å²) in [5.41, 5.74) is 3.29. The Morgan fingerprint density at radius 3 is 2.71 bits per heavy atom. The molecule has 222 valence electrons. The van der Waals surface area contributed by atoms with Crippen LogP contribution < -0.4 is 15.0 Å². The number of hydrogen-bond acceptors (Lipinski definition) is 8. The normalized spacial score (nSPS) is 25.1. The summed E-state index contributed by atoms with van der Waals surface area (Å²) < 4.78 is 25.2. The molecule has 0 bridgehead atoms. The van der Waals surface area contributed by atoms with Crippen LogP contribution in [0.25, 0.3) is 0 Å². The van der Waals surface area contributed by atoms with Crippen molar-refractivity contribution in [2.45, 2.75) is 44.4 Å². The Kier molecular flexibility index (Phi) is 8.76. The minimum atomic E-state index is -0.382. The van der Waals surface area contributed by atoms with Gasteiger partial charge in [-0.25, -0.2) is 9.37 Å². The van der Waals surface area contributed by atoms with Crippen molar-refractivity contribution >= 4 is 11.6 Å². The van der Waals surface area contributed by atoms with Gasteiger partial charge in [-0.3, -0.25) is 24.5 Å². The SMILES string of the molecule is C[C@@H]1CN(CC(=O)N2c3cc(Cc4ccc(F)cc4)cnc3OCC2c2ccccn2)[C@@H](CN2CCOC[C@H]2C)CN1.